The quantitative estimate of drug-likeness (QED) is 0.849. The molecular weight excluding hydrogens is 264 g/mol. The molecule has 0 bridgehead atoms. The van der Waals surface area contributed by atoms with E-state index in [4.69, 9.17) is 0 Å². The van der Waals surface area contributed by atoms with E-state index < -0.39 is 11.6 Å². The van der Waals surface area contributed by atoms with Crippen LogP contribution in [-0.2, 0) is 12.8 Å². The minimum absolute atomic E-state index is 0.170. The molecule has 4 heteroatoms. The highest BCUT2D eigenvalue weighted by Gasteiger charge is 2.13. The fraction of sp³-hybridized carbons (Fsp3) is 0.333. The minimum Gasteiger partial charge on any atom is -0.314 e. The number of benzene rings is 1. The van der Waals surface area contributed by atoms with Gasteiger partial charge in [-0.3, -0.25) is 0 Å². The number of hydrogen-bond acceptors (Lipinski definition) is 2. The van der Waals surface area contributed by atoms with Crippen molar-refractivity contribution in [1.82, 2.24) is 5.32 Å². The van der Waals surface area contributed by atoms with Gasteiger partial charge in [-0.15, -0.1) is 11.3 Å². The largest absolute Gasteiger partial charge is 0.314 e. The summed E-state index contributed by atoms with van der Waals surface area (Å²) in [4.78, 5) is 1.27. The summed E-state index contributed by atoms with van der Waals surface area (Å²) in [5.74, 6) is -0.992. The Bertz CT molecular complexity index is 511. The standard InChI is InChI=1S/C15H17F2NS/c1-2-18-13(10-14-4-3-7-19-14)8-11-5-6-12(16)9-15(11)17/h3-7,9,13,18H,2,8,10H2,1H3. The van der Waals surface area contributed by atoms with Crippen LogP contribution in [0.4, 0.5) is 8.78 Å². The van der Waals surface area contributed by atoms with E-state index in [9.17, 15) is 8.78 Å². The molecule has 0 saturated carbocycles. The lowest BCUT2D eigenvalue weighted by Crippen LogP contribution is -2.33. The van der Waals surface area contributed by atoms with Crippen LogP contribution < -0.4 is 5.32 Å². The second-order valence-electron chi connectivity index (χ2n) is 4.48. The van der Waals surface area contributed by atoms with Crippen LogP contribution in [0, 0.1) is 11.6 Å². The summed E-state index contributed by atoms with van der Waals surface area (Å²) >= 11 is 1.70. The van der Waals surface area contributed by atoms with E-state index in [1.807, 2.05) is 18.4 Å². The van der Waals surface area contributed by atoms with Crippen molar-refractivity contribution in [2.75, 3.05) is 6.54 Å². The van der Waals surface area contributed by atoms with E-state index in [0.717, 1.165) is 19.0 Å². The number of rotatable bonds is 6. The van der Waals surface area contributed by atoms with E-state index in [2.05, 4.69) is 11.4 Å². The molecule has 1 N–H and O–H groups in total. The Morgan fingerprint density at radius 2 is 2.05 bits per heavy atom. The molecule has 0 aliphatic heterocycles. The lowest BCUT2D eigenvalue weighted by Gasteiger charge is -2.17. The van der Waals surface area contributed by atoms with Crippen molar-refractivity contribution in [3.63, 3.8) is 0 Å². The first kappa shape index (κ1) is 14.2. The van der Waals surface area contributed by atoms with Crippen molar-refractivity contribution in [2.45, 2.75) is 25.8 Å². The maximum Gasteiger partial charge on any atom is 0.129 e. The predicted molar refractivity (Wildman–Crippen MR) is 75.5 cm³/mol. The van der Waals surface area contributed by atoms with E-state index in [1.54, 1.807) is 11.3 Å². The summed E-state index contributed by atoms with van der Waals surface area (Å²) in [5.41, 5.74) is 0.559. The zero-order valence-corrected chi connectivity index (χ0v) is 11.6. The Balaban J connectivity index is 2.07. The highest BCUT2D eigenvalue weighted by Crippen LogP contribution is 2.16. The van der Waals surface area contributed by atoms with Crippen molar-refractivity contribution < 1.29 is 8.78 Å². The lowest BCUT2D eigenvalue weighted by molar-refractivity contribution is 0.504. The molecular formula is C15H17F2NS. The van der Waals surface area contributed by atoms with Gasteiger partial charge in [0.05, 0.1) is 0 Å². The molecule has 0 aliphatic carbocycles. The Hall–Kier alpha value is -1.26. The van der Waals surface area contributed by atoms with Gasteiger partial charge in [-0.2, -0.15) is 0 Å². The molecule has 19 heavy (non-hydrogen) atoms. The molecule has 102 valence electrons. The number of hydrogen-bond donors (Lipinski definition) is 1. The first-order valence-corrected chi connectivity index (χ1v) is 7.26. The molecule has 1 heterocycles. The molecule has 0 aliphatic rings. The second kappa shape index (κ2) is 6.78. The average molecular weight is 281 g/mol. The van der Waals surface area contributed by atoms with E-state index in [1.165, 1.54) is 17.0 Å². The molecule has 2 rings (SSSR count). The molecule has 1 atom stereocenters. The first-order valence-electron chi connectivity index (χ1n) is 6.38. The predicted octanol–water partition coefficient (Wildman–Crippen LogP) is 3.79. The van der Waals surface area contributed by atoms with Crippen molar-refractivity contribution in [3.05, 3.63) is 57.8 Å². The van der Waals surface area contributed by atoms with Gasteiger partial charge in [0.25, 0.3) is 0 Å². The molecule has 0 spiro atoms. The van der Waals surface area contributed by atoms with Crippen LogP contribution >= 0.6 is 11.3 Å². The Kier molecular flexibility index (Phi) is 5.05. The third kappa shape index (κ3) is 4.11. The lowest BCUT2D eigenvalue weighted by atomic mass is 10.0. The van der Waals surface area contributed by atoms with Crippen molar-refractivity contribution >= 4 is 11.3 Å². The smallest absolute Gasteiger partial charge is 0.129 e. The van der Waals surface area contributed by atoms with E-state index >= 15 is 0 Å². The van der Waals surface area contributed by atoms with Crippen molar-refractivity contribution in [2.24, 2.45) is 0 Å². The maximum absolute atomic E-state index is 13.7. The first-order chi connectivity index (χ1) is 9.19. The van der Waals surface area contributed by atoms with Crippen molar-refractivity contribution in [1.29, 1.82) is 0 Å². The molecule has 0 radical (unpaired) electrons. The summed E-state index contributed by atoms with van der Waals surface area (Å²) in [7, 11) is 0. The third-order valence-corrected chi connectivity index (χ3v) is 3.90. The topological polar surface area (TPSA) is 12.0 Å². The molecule has 0 saturated heterocycles. The van der Waals surface area contributed by atoms with Gasteiger partial charge in [-0.25, -0.2) is 8.78 Å². The normalized spacial score (nSPS) is 12.6. The van der Waals surface area contributed by atoms with Gasteiger partial charge in [0.15, 0.2) is 0 Å². The van der Waals surface area contributed by atoms with Crippen LogP contribution in [0.2, 0.25) is 0 Å². The SMILES string of the molecule is CCNC(Cc1cccs1)Cc1ccc(F)cc1F. The summed E-state index contributed by atoms with van der Waals surface area (Å²) in [6.45, 7) is 2.86. The number of thiophene rings is 1. The van der Waals surface area contributed by atoms with Crippen LogP contribution in [0.1, 0.15) is 17.4 Å². The zero-order valence-electron chi connectivity index (χ0n) is 10.8. The fourth-order valence-electron chi connectivity index (χ4n) is 2.13. The zero-order chi connectivity index (χ0) is 13.7. The van der Waals surface area contributed by atoms with Gasteiger partial charge in [0.2, 0.25) is 0 Å². The Morgan fingerprint density at radius 1 is 1.21 bits per heavy atom. The maximum atomic E-state index is 13.7. The van der Waals surface area contributed by atoms with Crippen LogP contribution in [0.3, 0.4) is 0 Å². The minimum atomic E-state index is -0.528. The van der Waals surface area contributed by atoms with E-state index in [-0.39, 0.29) is 6.04 Å². The highest BCUT2D eigenvalue weighted by atomic mass is 32.1. The van der Waals surface area contributed by atoms with E-state index in [0.29, 0.717) is 12.0 Å². The van der Waals surface area contributed by atoms with Crippen LogP contribution in [0.5, 0.6) is 0 Å². The monoisotopic (exact) mass is 281 g/mol. The third-order valence-electron chi connectivity index (χ3n) is 3.00. The molecule has 1 nitrogen and oxygen atoms in total. The van der Waals surface area contributed by atoms with Crippen LogP contribution in [0.25, 0.3) is 0 Å². The van der Waals surface area contributed by atoms with Gasteiger partial charge < -0.3 is 5.32 Å². The van der Waals surface area contributed by atoms with Gasteiger partial charge in [-0.1, -0.05) is 19.1 Å². The van der Waals surface area contributed by atoms with Gasteiger partial charge >= 0.3 is 0 Å². The number of likely N-dealkylation sites (N-methyl/N-ethyl adjacent to an activating group) is 1. The van der Waals surface area contributed by atoms with Crippen LogP contribution in [-0.4, -0.2) is 12.6 Å². The van der Waals surface area contributed by atoms with Gasteiger partial charge in [0, 0.05) is 17.0 Å². The average Bonchev–Trinajstić information content (AvgIpc) is 2.86. The fourth-order valence-corrected chi connectivity index (χ4v) is 2.92. The van der Waals surface area contributed by atoms with Crippen LogP contribution in [0.15, 0.2) is 35.7 Å². The highest BCUT2D eigenvalue weighted by molar-refractivity contribution is 7.09. The number of halogens is 2. The summed E-state index contributed by atoms with van der Waals surface area (Å²) in [5, 5.41) is 5.40. The molecule has 2 aromatic rings. The summed E-state index contributed by atoms with van der Waals surface area (Å²) in [6.07, 6.45) is 1.43. The molecule has 1 aromatic carbocycles. The molecule has 1 unspecified atom stereocenters. The molecule has 0 amide bonds. The van der Waals surface area contributed by atoms with Gasteiger partial charge in [0.1, 0.15) is 11.6 Å². The molecule has 1 aromatic heterocycles. The Labute approximate surface area is 116 Å². The Morgan fingerprint density at radius 3 is 2.68 bits per heavy atom. The second-order valence-corrected chi connectivity index (χ2v) is 5.51. The van der Waals surface area contributed by atoms with Gasteiger partial charge in [-0.05, 0) is 42.5 Å². The molecule has 0 fully saturated rings. The number of nitrogens with one attached hydrogen (secondary N) is 1. The summed E-state index contributed by atoms with van der Waals surface area (Å²) in [6, 6.07) is 8.06. The summed E-state index contributed by atoms with van der Waals surface area (Å²) < 4.78 is 26.5. The van der Waals surface area contributed by atoms with Crippen molar-refractivity contribution in [3.8, 4) is 0 Å².